The molecule has 2 nitrogen and oxygen atoms in total. The standard InChI is InChI=1S/C16H18Cl2F3NO/c1-22(9-10-5-6-13(17)14(18)7-10)15(23)11-3-2-4-12(8-11)16(19,20)21/h5-7,11-12H,2-4,8-9H2,1H3. The average Bonchev–Trinajstić information content (AvgIpc) is 2.49. The van der Waals surface area contributed by atoms with Gasteiger partial charge in [0.05, 0.1) is 16.0 Å². The Morgan fingerprint density at radius 1 is 1.26 bits per heavy atom. The number of carbonyl (C=O) groups excluding carboxylic acids is 1. The summed E-state index contributed by atoms with van der Waals surface area (Å²) >= 11 is 11.8. The van der Waals surface area contributed by atoms with Gasteiger partial charge in [0, 0.05) is 19.5 Å². The number of rotatable bonds is 3. The van der Waals surface area contributed by atoms with Crippen molar-refractivity contribution in [2.45, 2.75) is 38.4 Å². The van der Waals surface area contributed by atoms with E-state index in [2.05, 4.69) is 0 Å². The third kappa shape index (κ3) is 4.77. The largest absolute Gasteiger partial charge is 0.391 e. The predicted molar refractivity (Wildman–Crippen MR) is 84.4 cm³/mol. The predicted octanol–water partition coefficient (Wildman–Crippen LogP) is 5.32. The van der Waals surface area contributed by atoms with Crippen LogP contribution in [0.2, 0.25) is 10.0 Å². The fraction of sp³-hybridized carbons (Fsp3) is 0.562. The smallest absolute Gasteiger partial charge is 0.341 e. The summed E-state index contributed by atoms with van der Waals surface area (Å²) in [6.07, 6.45) is -3.28. The van der Waals surface area contributed by atoms with Gasteiger partial charge in [-0.15, -0.1) is 0 Å². The van der Waals surface area contributed by atoms with Crippen LogP contribution in [0.15, 0.2) is 18.2 Å². The summed E-state index contributed by atoms with van der Waals surface area (Å²) in [6.45, 7) is 0.295. The molecule has 0 aliphatic heterocycles. The van der Waals surface area contributed by atoms with Gasteiger partial charge in [0.25, 0.3) is 0 Å². The molecule has 0 spiro atoms. The zero-order chi connectivity index (χ0) is 17.2. The third-order valence-electron chi connectivity index (χ3n) is 4.27. The highest BCUT2D eigenvalue weighted by Crippen LogP contribution is 2.40. The quantitative estimate of drug-likeness (QED) is 0.707. The molecule has 128 valence electrons. The highest BCUT2D eigenvalue weighted by atomic mass is 35.5. The molecule has 2 atom stereocenters. The lowest BCUT2D eigenvalue weighted by Crippen LogP contribution is -2.38. The molecule has 1 aromatic rings. The molecular formula is C16H18Cl2F3NO. The van der Waals surface area contributed by atoms with Gasteiger partial charge in [0.15, 0.2) is 0 Å². The van der Waals surface area contributed by atoms with E-state index in [1.165, 1.54) is 4.90 Å². The SMILES string of the molecule is CN(Cc1ccc(Cl)c(Cl)c1)C(=O)C1CCCC(C(F)(F)F)C1. The van der Waals surface area contributed by atoms with E-state index in [0.29, 0.717) is 29.4 Å². The molecule has 1 aromatic carbocycles. The van der Waals surface area contributed by atoms with Crippen LogP contribution >= 0.6 is 23.2 Å². The molecule has 0 aromatic heterocycles. The topological polar surface area (TPSA) is 20.3 Å². The first kappa shape index (κ1) is 18.4. The van der Waals surface area contributed by atoms with Crippen molar-refractivity contribution in [1.82, 2.24) is 4.90 Å². The monoisotopic (exact) mass is 367 g/mol. The molecule has 2 unspecified atom stereocenters. The van der Waals surface area contributed by atoms with Gasteiger partial charge < -0.3 is 4.90 Å². The number of benzene rings is 1. The molecule has 0 saturated heterocycles. The Kier molecular flexibility index (Phi) is 5.84. The minimum absolute atomic E-state index is 0.115. The second-order valence-corrected chi connectivity index (χ2v) is 6.86. The second kappa shape index (κ2) is 7.31. The van der Waals surface area contributed by atoms with E-state index < -0.39 is 18.0 Å². The summed E-state index contributed by atoms with van der Waals surface area (Å²) in [4.78, 5) is 13.9. The van der Waals surface area contributed by atoms with E-state index in [1.807, 2.05) is 0 Å². The molecule has 0 N–H and O–H groups in total. The number of hydrogen-bond donors (Lipinski definition) is 0. The van der Waals surface area contributed by atoms with E-state index >= 15 is 0 Å². The van der Waals surface area contributed by atoms with Gasteiger partial charge in [-0.25, -0.2) is 0 Å². The van der Waals surface area contributed by atoms with Crippen LogP contribution in [0.5, 0.6) is 0 Å². The van der Waals surface area contributed by atoms with Crippen LogP contribution in [0.25, 0.3) is 0 Å². The molecule has 1 amide bonds. The third-order valence-corrected chi connectivity index (χ3v) is 5.01. The fourth-order valence-electron chi connectivity index (χ4n) is 3.01. The zero-order valence-electron chi connectivity index (χ0n) is 12.7. The Balaban J connectivity index is 2.00. The van der Waals surface area contributed by atoms with E-state index in [0.717, 1.165) is 5.56 Å². The first-order chi connectivity index (χ1) is 10.7. The van der Waals surface area contributed by atoms with E-state index in [4.69, 9.17) is 23.2 Å². The maximum absolute atomic E-state index is 12.9. The van der Waals surface area contributed by atoms with Gasteiger partial charge in [-0.2, -0.15) is 13.2 Å². The second-order valence-electron chi connectivity index (χ2n) is 6.04. The van der Waals surface area contributed by atoms with Crippen LogP contribution in [0.1, 0.15) is 31.2 Å². The fourth-order valence-corrected chi connectivity index (χ4v) is 3.33. The van der Waals surface area contributed by atoms with E-state index in [-0.39, 0.29) is 18.7 Å². The van der Waals surface area contributed by atoms with Crippen LogP contribution in [-0.2, 0) is 11.3 Å². The maximum Gasteiger partial charge on any atom is 0.391 e. The highest BCUT2D eigenvalue weighted by molar-refractivity contribution is 6.42. The summed E-state index contributed by atoms with van der Waals surface area (Å²) in [5, 5.41) is 0.810. The van der Waals surface area contributed by atoms with Crippen LogP contribution in [0, 0.1) is 11.8 Å². The van der Waals surface area contributed by atoms with Gasteiger partial charge in [0.1, 0.15) is 0 Å². The minimum Gasteiger partial charge on any atom is -0.341 e. The molecule has 1 aliphatic rings. The average molecular weight is 368 g/mol. The summed E-state index contributed by atoms with van der Waals surface area (Å²) < 4.78 is 38.6. The van der Waals surface area contributed by atoms with Crippen molar-refractivity contribution in [2.75, 3.05) is 7.05 Å². The number of alkyl halides is 3. The summed E-state index contributed by atoms with van der Waals surface area (Å²) in [7, 11) is 1.60. The Labute approximate surface area is 143 Å². The Morgan fingerprint density at radius 3 is 2.57 bits per heavy atom. The van der Waals surface area contributed by atoms with Crippen LogP contribution in [0.3, 0.4) is 0 Å². The molecule has 7 heteroatoms. The lowest BCUT2D eigenvalue weighted by atomic mass is 9.80. The van der Waals surface area contributed by atoms with Crippen molar-refractivity contribution >= 4 is 29.1 Å². The van der Waals surface area contributed by atoms with Crippen LogP contribution in [0.4, 0.5) is 13.2 Å². The van der Waals surface area contributed by atoms with Gasteiger partial charge in [-0.3, -0.25) is 4.79 Å². The summed E-state index contributed by atoms with van der Waals surface area (Å²) in [6, 6.07) is 5.04. The van der Waals surface area contributed by atoms with Crippen molar-refractivity contribution in [3.8, 4) is 0 Å². The van der Waals surface area contributed by atoms with Crippen molar-refractivity contribution in [1.29, 1.82) is 0 Å². The van der Waals surface area contributed by atoms with Crippen molar-refractivity contribution in [3.63, 3.8) is 0 Å². The Bertz CT molecular complexity index is 577. The van der Waals surface area contributed by atoms with Crippen molar-refractivity contribution in [3.05, 3.63) is 33.8 Å². The van der Waals surface area contributed by atoms with Gasteiger partial charge >= 0.3 is 6.18 Å². The Hall–Kier alpha value is -0.940. The van der Waals surface area contributed by atoms with E-state index in [9.17, 15) is 18.0 Å². The van der Waals surface area contributed by atoms with Crippen LogP contribution < -0.4 is 0 Å². The molecule has 1 fully saturated rings. The Morgan fingerprint density at radius 2 is 1.96 bits per heavy atom. The number of hydrogen-bond acceptors (Lipinski definition) is 1. The molecule has 0 radical (unpaired) electrons. The van der Waals surface area contributed by atoms with Crippen LogP contribution in [-0.4, -0.2) is 24.0 Å². The number of amides is 1. The molecule has 2 rings (SSSR count). The lowest BCUT2D eigenvalue weighted by Gasteiger charge is -2.32. The van der Waals surface area contributed by atoms with Gasteiger partial charge in [-0.1, -0.05) is 35.7 Å². The maximum atomic E-state index is 12.9. The zero-order valence-corrected chi connectivity index (χ0v) is 14.2. The van der Waals surface area contributed by atoms with E-state index in [1.54, 1.807) is 25.2 Å². The molecule has 1 aliphatic carbocycles. The first-order valence-electron chi connectivity index (χ1n) is 7.44. The lowest BCUT2D eigenvalue weighted by molar-refractivity contribution is -0.187. The normalized spacial score (nSPS) is 22.0. The molecule has 0 bridgehead atoms. The first-order valence-corrected chi connectivity index (χ1v) is 8.19. The number of halogens is 5. The summed E-state index contributed by atoms with van der Waals surface area (Å²) in [5.74, 6) is -2.18. The molecule has 1 saturated carbocycles. The van der Waals surface area contributed by atoms with Crippen molar-refractivity contribution < 1.29 is 18.0 Å². The summed E-state index contributed by atoms with van der Waals surface area (Å²) in [5.41, 5.74) is 0.790. The number of carbonyl (C=O) groups is 1. The molecule has 23 heavy (non-hydrogen) atoms. The number of nitrogens with zero attached hydrogens (tertiary/aromatic N) is 1. The minimum atomic E-state index is -4.22. The van der Waals surface area contributed by atoms with Crippen molar-refractivity contribution in [2.24, 2.45) is 11.8 Å². The van der Waals surface area contributed by atoms with Gasteiger partial charge in [-0.05, 0) is 37.0 Å². The molecule has 0 heterocycles. The highest BCUT2D eigenvalue weighted by Gasteiger charge is 2.43. The van der Waals surface area contributed by atoms with Gasteiger partial charge in [0.2, 0.25) is 5.91 Å². The molecular weight excluding hydrogens is 350 g/mol.